The van der Waals surface area contributed by atoms with E-state index in [0.717, 1.165) is 12.1 Å². The molecule has 0 radical (unpaired) electrons. The molecular formula is C12H9BrClFN2O2S. The van der Waals surface area contributed by atoms with Crippen LogP contribution < -0.4 is 10.5 Å². The van der Waals surface area contributed by atoms with Gasteiger partial charge in [0.2, 0.25) is 0 Å². The van der Waals surface area contributed by atoms with Crippen molar-refractivity contribution in [3.05, 3.63) is 51.7 Å². The average Bonchev–Trinajstić information content (AvgIpc) is 2.33. The Morgan fingerprint density at radius 1 is 1.20 bits per heavy atom. The molecule has 2 rings (SSSR count). The molecule has 0 aliphatic rings. The molecule has 0 atom stereocenters. The number of nitrogen functional groups attached to an aromatic ring is 1. The molecule has 4 nitrogen and oxygen atoms in total. The van der Waals surface area contributed by atoms with Crippen LogP contribution in [0.5, 0.6) is 0 Å². The minimum atomic E-state index is -4.07. The third-order valence-corrected chi connectivity index (χ3v) is 4.74. The Bertz CT molecular complexity index is 768. The molecule has 106 valence electrons. The fraction of sp³-hybridized carbons (Fsp3) is 0. The first kappa shape index (κ1) is 15.1. The normalized spacial score (nSPS) is 11.3. The van der Waals surface area contributed by atoms with E-state index in [1.807, 2.05) is 0 Å². The molecule has 3 N–H and O–H groups in total. The summed E-state index contributed by atoms with van der Waals surface area (Å²) in [5.41, 5.74) is 5.75. The van der Waals surface area contributed by atoms with Gasteiger partial charge in [0.25, 0.3) is 10.0 Å². The van der Waals surface area contributed by atoms with Gasteiger partial charge in [0, 0.05) is 15.2 Å². The predicted octanol–water partition coefficient (Wildman–Crippen LogP) is 3.62. The molecule has 8 heteroatoms. The highest BCUT2D eigenvalue weighted by atomic mass is 79.9. The minimum absolute atomic E-state index is 0.144. The fourth-order valence-electron chi connectivity index (χ4n) is 1.51. The number of nitrogens with two attached hydrogens (primary N) is 1. The summed E-state index contributed by atoms with van der Waals surface area (Å²) in [6.45, 7) is 0. The van der Waals surface area contributed by atoms with E-state index in [1.165, 1.54) is 12.1 Å². The first-order valence-electron chi connectivity index (χ1n) is 5.32. The van der Waals surface area contributed by atoms with E-state index in [9.17, 15) is 12.8 Å². The minimum Gasteiger partial charge on any atom is -0.399 e. The van der Waals surface area contributed by atoms with Gasteiger partial charge in [-0.15, -0.1) is 0 Å². The summed E-state index contributed by atoms with van der Waals surface area (Å²) in [4.78, 5) is -0.487. The number of anilines is 2. The number of nitrogens with one attached hydrogen (secondary N) is 1. The molecule has 0 aliphatic heterocycles. The van der Waals surface area contributed by atoms with Crippen LogP contribution in [0, 0.1) is 5.82 Å². The van der Waals surface area contributed by atoms with Crippen LogP contribution in [0.2, 0.25) is 5.02 Å². The lowest BCUT2D eigenvalue weighted by atomic mass is 10.3. The Hall–Kier alpha value is -1.31. The van der Waals surface area contributed by atoms with E-state index in [2.05, 4.69) is 20.7 Å². The molecule has 0 aliphatic carbocycles. The molecule has 0 unspecified atom stereocenters. The lowest BCUT2D eigenvalue weighted by molar-refractivity contribution is 0.571. The van der Waals surface area contributed by atoms with Crippen molar-refractivity contribution in [2.75, 3.05) is 10.5 Å². The van der Waals surface area contributed by atoms with Crippen molar-refractivity contribution >= 4 is 48.9 Å². The van der Waals surface area contributed by atoms with Crippen LogP contribution in [-0.2, 0) is 10.0 Å². The van der Waals surface area contributed by atoms with Gasteiger partial charge in [-0.05, 0) is 52.3 Å². The number of rotatable bonds is 3. The molecule has 0 saturated heterocycles. The van der Waals surface area contributed by atoms with Gasteiger partial charge < -0.3 is 5.73 Å². The van der Waals surface area contributed by atoms with Crippen LogP contribution >= 0.6 is 27.5 Å². The molecule has 0 bridgehead atoms. The van der Waals surface area contributed by atoms with E-state index in [0.29, 0.717) is 9.50 Å². The Labute approximate surface area is 128 Å². The second-order valence-corrected chi connectivity index (χ2v) is 6.86. The molecule has 2 aromatic carbocycles. The lowest BCUT2D eigenvalue weighted by Crippen LogP contribution is -2.15. The second kappa shape index (κ2) is 5.59. The Morgan fingerprint density at radius 3 is 2.55 bits per heavy atom. The SMILES string of the molecule is Nc1ccc(S(=O)(=O)Nc2cc(Cl)ccc2Br)c(F)c1. The van der Waals surface area contributed by atoms with Crippen LogP contribution in [0.1, 0.15) is 0 Å². The lowest BCUT2D eigenvalue weighted by Gasteiger charge is -2.11. The number of sulfonamides is 1. The zero-order valence-corrected chi connectivity index (χ0v) is 13.1. The van der Waals surface area contributed by atoms with Gasteiger partial charge in [-0.3, -0.25) is 4.72 Å². The first-order valence-corrected chi connectivity index (χ1v) is 7.98. The van der Waals surface area contributed by atoms with Crippen LogP contribution in [0.25, 0.3) is 0 Å². The first-order chi connectivity index (χ1) is 9.29. The van der Waals surface area contributed by atoms with Crippen molar-refractivity contribution in [3.8, 4) is 0 Å². The van der Waals surface area contributed by atoms with Crippen molar-refractivity contribution in [1.29, 1.82) is 0 Å². The second-order valence-electron chi connectivity index (χ2n) is 3.92. The van der Waals surface area contributed by atoms with Crippen molar-refractivity contribution in [1.82, 2.24) is 0 Å². The third kappa shape index (κ3) is 3.23. The van der Waals surface area contributed by atoms with Gasteiger partial charge >= 0.3 is 0 Å². The van der Waals surface area contributed by atoms with Gasteiger partial charge in [0.1, 0.15) is 10.7 Å². The van der Waals surface area contributed by atoms with Gasteiger partial charge in [0.15, 0.2) is 0 Å². The van der Waals surface area contributed by atoms with E-state index in [1.54, 1.807) is 12.1 Å². The number of hydrogen-bond acceptors (Lipinski definition) is 3. The van der Waals surface area contributed by atoms with Gasteiger partial charge in [-0.2, -0.15) is 0 Å². The molecule has 20 heavy (non-hydrogen) atoms. The van der Waals surface area contributed by atoms with Crippen molar-refractivity contribution in [2.24, 2.45) is 0 Å². The zero-order chi connectivity index (χ0) is 14.9. The largest absolute Gasteiger partial charge is 0.399 e. The highest BCUT2D eigenvalue weighted by Gasteiger charge is 2.20. The fourth-order valence-corrected chi connectivity index (χ4v) is 3.29. The van der Waals surface area contributed by atoms with Crippen molar-refractivity contribution < 1.29 is 12.8 Å². The summed E-state index contributed by atoms with van der Waals surface area (Å²) >= 11 is 8.98. The molecule has 0 spiro atoms. The Balaban J connectivity index is 2.43. The monoisotopic (exact) mass is 378 g/mol. The van der Waals surface area contributed by atoms with E-state index in [4.69, 9.17) is 17.3 Å². The zero-order valence-electron chi connectivity index (χ0n) is 9.90. The maximum Gasteiger partial charge on any atom is 0.264 e. The summed E-state index contributed by atoms with van der Waals surface area (Å²) < 4.78 is 40.7. The smallest absolute Gasteiger partial charge is 0.264 e. The van der Waals surface area contributed by atoms with Crippen molar-refractivity contribution in [3.63, 3.8) is 0 Å². The topological polar surface area (TPSA) is 72.2 Å². The quantitative estimate of drug-likeness (QED) is 0.800. The highest BCUT2D eigenvalue weighted by molar-refractivity contribution is 9.10. The molecular weight excluding hydrogens is 371 g/mol. The van der Waals surface area contributed by atoms with E-state index >= 15 is 0 Å². The number of halogens is 3. The third-order valence-electron chi connectivity index (χ3n) is 2.42. The van der Waals surface area contributed by atoms with Gasteiger partial charge in [0.05, 0.1) is 5.69 Å². The summed E-state index contributed by atoms with van der Waals surface area (Å²) in [6, 6.07) is 7.95. The number of benzene rings is 2. The number of hydrogen-bond donors (Lipinski definition) is 2. The molecule has 0 aromatic heterocycles. The van der Waals surface area contributed by atoms with E-state index < -0.39 is 20.7 Å². The van der Waals surface area contributed by atoms with Crippen LogP contribution in [0.3, 0.4) is 0 Å². The van der Waals surface area contributed by atoms with Gasteiger partial charge in [-0.25, -0.2) is 12.8 Å². The Kier molecular flexibility index (Phi) is 4.22. The summed E-state index contributed by atoms with van der Waals surface area (Å²) in [6.07, 6.45) is 0. The van der Waals surface area contributed by atoms with Crippen molar-refractivity contribution in [2.45, 2.75) is 4.90 Å². The van der Waals surface area contributed by atoms with Crippen LogP contribution in [-0.4, -0.2) is 8.42 Å². The summed E-state index contributed by atoms with van der Waals surface area (Å²) in [5.74, 6) is -0.921. The predicted molar refractivity (Wildman–Crippen MR) is 80.8 cm³/mol. The highest BCUT2D eigenvalue weighted by Crippen LogP contribution is 2.29. The summed E-state index contributed by atoms with van der Waals surface area (Å²) in [5, 5.41) is 0.351. The summed E-state index contributed by atoms with van der Waals surface area (Å²) in [7, 11) is -4.07. The Morgan fingerprint density at radius 2 is 1.90 bits per heavy atom. The molecule has 0 saturated carbocycles. The maximum atomic E-state index is 13.7. The molecule has 0 amide bonds. The van der Waals surface area contributed by atoms with Crippen LogP contribution in [0.4, 0.5) is 15.8 Å². The average molecular weight is 380 g/mol. The van der Waals surface area contributed by atoms with Crippen LogP contribution in [0.15, 0.2) is 45.8 Å². The maximum absolute atomic E-state index is 13.7. The molecule has 0 fully saturated rings. The standard InChI is InChI=1S/C12H9BrClFN2O2S/c13-9-3-1-7(14)5-11(9)17-20(18,19)12-4-2-8(16)6-10(12)15/h1-6,17H,16H2. The van der Waals surface area contributed by atoms with E-state index in [-0.39, 0.29) is 11.4 Å². The molecule has 0 heterocycles. The molecule has 2 aromatic rings. The van der Waals surface area contributed by atoms with Gasteiger partial charge in [-0.1, -0.05) is 11.6 Å².